The Labute approximate surface area is 136 Å². The van der Waals surface area contributed by atoms with Gasteiger partial charge in [0.1, 0.15) is 12.1 Å². The number of nitrogens with zero attached hydrogens (tertiary/aromatic N) is 7. The van der Waals surface area contributed by atoms with Crippen LogP contribution in [0.4, 0.5) is 5.82 Å². The SMILES string of the molecule is CCN1CCN(C2CN(c3c(C)c(C)nc4ncnn34)C2)CC1. The highest BCUT2D eigenvalue weighted by molar-refractivity contribution is 5.55. The fourth-order valence-corrected chi connectivity index (χ4v) is 3.69. The quantitative estimate of drug-likeness (QED) is 0.825. The minimum Gasteiger partial charge on any atom is -0.353 e. The third-order valence-corrected chi connectivity index (χ3v) is 5.41. The molecule has 0 radical (unpaired) electrons. The molecule has 0 aromatic carbocycles. The molecule has 23 heavy (non-hydrogen) atoms. The molecule has 0 amide bonds. The van der Waals surface area contributed by atoms with Gasteiger partial charge in [-0.15, -0.1) is 0 Å². The van der Waals surface area contributed by atoms with Crippen LogP contribution in [0, 0.1) is 13.8 Å². The first kappa shape index (κ1) is 14.8. The predicted octanol–water partition coefficient (Wildman–Crippen LogP) is 0.567. The Hall–Kier alpha value is -1.73. The van der Waals surface area contributed by atoms with E-state index in [0.717, 1.165) is 24.6 Å². The van der Waals surface area contributed by atoms with Gasteiger partial charge in [0.05, 0.1) is 0 Å². The molecular weight excluding hydrogens is 290 g/mol. The molecule has 0 N–H and O–H groups in total. The van der Waals surface area contributed by atoms with Crippen molar-refractivity contribution >= 4 is 11.6 Å². The summed E-state index contributed by atoms with van der Waals surface area (Å²) >= 11 is 0. The van der Waals surface area contributed by atoms with Crippen molar-refractivity contribution in [2.24, 2.45) is 0 Å². The van der Waals surface area contributed by atoms with Crippen molar-refractivity contribution in [1.29, 1.82) is 0 Å². The number of likely N-dealkylation sites (N-methyl/N-ethyl adjacent to an activating group) is 1. The lowest BCUT2D eigenvalue weighted by Gasteiger charge is -2.49. The molecule has 2 saturated heterocycles. The molecule has 4 rings (SSSR count). The van der Waals surface area contributed by atoms with Crippen LogP contribution in [0.3, 0.4) is 0 Å². The van der Waals surface area contributed by atoms with Crippen LogP contribution in [0.1, 0.15) is 18.2 Å². The molecular formula is C16H25N7. The first-order valence-electron chi connectivity index (χ1n) is 8.55. The molecule has 2 aliphatic heterocycles. The van der Waals surface area contributed by atoms with Crippen LogP contribution in [0.25, 0.3) is 5.78 Å². The maximum absolute atomic E-state index is 4.51. The molecule has 0 atom stereocenters. The first-order chi connectivity index (χ1) is 11.2. The van der Waals surface area contributed by atoms with E-state index in [1.54, 1.807) is 6.33 Å². The van der Waals surface area contributed by atoms with Crippen LogP contribution >= 0.6 is 0 Å². The van der Waals surface area contributed by atoms with E-state index in [2.05, 4.69) is 50.5 Å². The number of aromatic nitrogens is 4. The number of fused-ring (bicyclic) bond motifs is 1. The summed E-state index contributed by atoms with van der Waals surface area (Å²) in [6.07, 6.45) is 1.59. The van der Waals surface area contributed by atoms with Crippen molar-refractivity contribution in [3.05, 3.63) is 17.6 Å². The molecule has 0 bridgehead atoms. The average Bonchev–Trinajstić information content (AvgIpc) is 2.98. The largest absolute Gasteiger partial charge is 0.353 e. The second-order valence-corrected chi connectivity index (χ2v) is 6.65. The van der Waals surface area contributed by atoms with Gasteiger partial charge < -0.3 is 9.80 Å². The summed E-state index contributed by atoms with van der Waals surface area (Å²) in [4.78, 5) is 16.3. The van der Waals surface area contributed by atoms with E-state index in [-0.39, 0.29) is 0 Å². The van der Waals surface area contributed by atoms with Gasteiger partial charge in [-0.1, -0.05) is 6.92 Å². The second kappa shape index (κ2) is 5.72. The van der Waals surface area contributed by atoms with E-state index in [1.807, 2.05) is 4.52 Å². The standard InChI is InChI=1S/C16H25N7/c1-4-20-5-7-21(8-6-20)14-9-22(10-14)15-12(2)13(3)19-16-17-11-18-23(15)16/h11,14H,4-10H2,1-3H3. The minimum atomic E-state index is 0.667. The Bertz CT molecular complexity index is 696. The van der Waals surface area contributed by atoms with Crippen molar-refractivity contribution in [3.63, 3.8) is 0 Å². The lowest BCUT2D eigenvalue weighted by atomic mass is 10.0. The lowest BCUT2D eigenvalue weighted by molar-refractivity contribution is 0.0857. The zero-order chi connectivity index (χ0) is 16.0. The average molecular weight is 315 g/mol. The van der Waals surface area contributed by atoms with Gasteiger partial charge in [0.25, 0.3) is 5.78 Å². The first-order valence-corrected chi connectivity index (χ1v) is 8.55. The van der Waals surface area contributed by atoms with E-state index in [1.165, 1.54) is 38.3 Å². The van der Waals surface area contributed by atoms with Crippen LogP contribution < -0.4 is 4.90 Å². The fourth-order valence-electron chi connectivity index (χ4n) is 3.69. The Morgan fingerprint density at radius 2 is 1.87 bits per heavy atom. The molecule has 0 aliphatic carbocycles. The molecule has 0 unspecified atom stereocenters. The van der Waals surface area contributed by atoms with Crippen LogP contribution in [0.5, 0.6) is 0 Å². The van der Waals surface area contributed by atoms with Gasteiger partial charge in [0.2, 0.25) is 0 Å². The predicted molar refractivity (Wildman–Crippen MR) is 89.9 cm³/mol. The van der Waals surface area contributed by atoms with E-state index < -0.39 is 0 Å². The van der Waals surface area contributed by atoms with Crippen molar-refractivity contribution in [3.8, 4) is 0 Å². The van der Waals surface area contributed by atoms with Gasteiger partial charge >= 0.3 is 0 Å². The van der Waals surface area contributed by atoms with Gasteiger partial charge in [-0.25, -0.2) is 4.98 Å². The summed E-state index contributed by atoms with van der Waals surface area (Å²) in [5, 5.41) is 4.36. The molecule has 4 heterocycles. The molecule has 0 saturated carbocycles. The van der Waals surface area contributed by atoms with Crippen LogP contribution in [-0.4, -0.2) is 81.2 Å². The molecule has 7 heteroatoms. The Kier molecular flexibility index (Phi) is 3.69. The highest BCUT2D eigenvalue weighted by Gasteiger charge is 2.35. The molecule has 2 aromatic heterocycles. The smallest absolute Gasteiger partial charge is 0.254 e. The number of rotatable bonds is 3. The highest BCUT2D eigenvalue weighted by atomic mass is 15.4. The molecule has 7 nitrogen and oxygen atoms in total. The normalized spacial score (nSPS) is 21.1. The topological polar surface area (TPSA) is 52.8 Å². The van der Waals surface area contributed by atoms with Crippen LogP contribution in [-0.2, 0) is 0 Å². The molecule has 2 aromatic rings. The third kappa shape index (κ3) is 2.48. The molecule has 0 spiro atoms. The summed E-state index contributed by atoms with van der Waals surface area (Å²) in [5.74, 6) is 1.86. The zero-order valence-electron chi connectivity index (χ0n) is 14.2. The maximum Gasteiger partial charge on any atom is 0.254 e. The summed E-state index contributed by atoms with van der Waals surface area (Å²) < 4.78 is 1.88. The maximum atomic E-state index is 4.51. The van der Waals surface area contributed by atoms with Gasteiger partial charge in [-0.05, 0) is 20.4 Å². The van der Waals surface area contributed by atoms with Crippen molar-refractivity contribution in [2.45, 2.75) is 26.8 Å². The zero-order valence-corrected chi connectivity index (χ0v) is 14.2. The summed E-state index contributed by atoms with van der Waals surface area (Å²) in [5.41, 5.74) is 2.25. The monoisotopic (exact) mass is 315 g/mol. The van der Waals surface area contributed by atoms with Crippen molar-refractivity contribution < 1.29 is 0 Å². The summed E-state index contributed by atoms with van der Waals surface area (Å²) in [6, 6.07) is 0.667. The molecule has 2 fully saturated rings. The molecule has 2 aliphatic rings. The Morgan fingerprint density at radius 1 is 1.13 bits per heavy atom. The fraction of sp³-hybridized carbons (Fsp3) is 0.688. The summed E-state index contributed by atoms with van der Waals surface area (Å²) in [7, 11) is 0. The number of anilines is 1. The number of hydrogen-bond donors (Lipinski definition) is 0. The Morgan fingerprint density at radius 3 is 2.57 bits per heavy atom. The van der Waals surface area contributed by atoms with Gasteiger partial charge in [-0.3, -0.25) is 4.90 Å². The van der Waals surface area contributed by atoms with E-state index in [0.29, 0.717) is 11.8 Å². The van der Waals surface area contributed by atoms with Crippen LogP contribution in [0.2, 0.25) is 0 Å². The van der Waals surface area contributed by atoms with Crippen molar-refractivity contribution in [1.82, 2.24) is 29.4 Å². The van der Waals surface area contributed by atoms with E-state index >= 15 is 0 Å². The highest BCUT2D eigenvalue weighted by Crippen LogP contribution is 2.28. The lowest BCUT2D eigenvalue weighted by Crippen LogP contribution is -2.63. The summed E-state index contributed by atoms with van der Waals surface area (Å²) in [6.45, 7) is 14.5. The van der Waals surface area contributed by atoms with Crippen LogP contribution in [0.15, 0.2) is 6.33 Å². The van der Waals surface area contributed by atoms with E-state index in [4.69, 9.17) is 0 Å². The number of piperazine rings is 1. The Balaban J connectivity index is 1.48. The van der Waals surface area contributed by atoms with E-state index in [9.17, 15) is 0 Å². The second-order valence-electron chi connectivity index (χ2n) is 6.65. The number of aryl methyl sites for hydroxylation is 1. The minimum absolute atomic E-state index is 0.667. The van der Waals surface area contributed by atoms with Gasteiger partial charge in [-0.2, -0.15) is 14.6 Å². The van der Waals surface area contributed by atoms with Gasteiger partial charge in [0.15, 0.2) is 0 Å². The number of hydrogen-bond acceptors (Lipinski definition) is 6. The molecule has 124 valence electrons. The third-order valence-electron chi connectivity index (χ3n) is 5.41. The van der Waals surface area contributed by atoms with Crippen molar-refractivity contribution in [2.75, 3.05) is 50.7 Å². The van der Waals surface area contributed by atoms with Gasteiger partial charge in [0, 0.05) is 56.6 Å².